The third-order valence-electron chi connectivity index (χ3n) is 3.92. The van der Waals surface area contributed by atoms with Crippen molar-refractivity contribution in [2.75, 3.05) is 0 Å². The predicted octanol–water partition coefficient (Wildman–Crippen LogP) is 3.69. The van der Waals surface area contributed by atoms with Crippen molar-refractivity contribution in [3.05, 3.63) is 47.9 Å². The highest BCUT2D eigenvalue weighted by Crippen LogP contribution is 2.40. The summed E-state index contributed by atoms with van der Waals surface area (Å²) in [4.78, 5) is 4.52. The van der Waals surface area contributed by atoms with Gasteiger partial charge in [-0.3, -0.25) is 4.57 Å². The van der Waals surface area contributed by atoms with Crippen molar-refractivity contribution in [1.82, 2.24) is 24.9 Å². The van der Waals surface area contributed by atoms with Crippen LogP contribution in [0.3, 0.4) is 0 Å². The number of hydrogen-bond acceptors (Lipinski definition) is 6. The van der Waals surface area contributed by atoms with E-state index in [4.69, 9.17) is 4.52 Å². The summed E-state index contributed by atoms with van der Waals surface area (Å²) in [5.41, 5.74) is 2.26. The lowest BCUT2D eigenvalue weighted by molar-refractivity contribution is 0.374. The van der Waals surface area contributed by atoms with Crippen molar-refractivity contribution in [3.8, 4) is 5.69 Å². The molecule has 1 aliphatic carbocycles. The Morgan fingerprint density at radius 1 is 1.30 bits per heavy atom. The Kier molecular flexibility index (Phi) is 3.65. The molecule has 1 unspecified atom stereocenters. The van der Waals surface area contributed by atoms with Gasteiger partial charge in [-0.05, 0) is 38.3 Å². The third kappa shape index (κ3) is 2.88. The standard InChI is InChI=1S/C16H17N5OS/c1-10-5-3-4-6-13(10)21-9-17-19-16(21)23-11(2)15-18-14(20-22-15)12-7-8-12/h3-6,9,11-12H,7-8H2,1-2H3. The van der Waals surface area contributed by atoms with Crippen LogP contribution in [-0.4, -0.2) is 24.9 Å². The first kappa shape index (κ1) is 14.4. The van der Waals surface area contributed by atoms with Gasteiger partial charge >= 0.3 is 0 Å². The number of para-hydroxylation sites is 1. The molecule has 1 fully saturated rings. The molecule has 2 heterocycles. The SMILES string of the molecule is Cc1ccccc1-n1cnnc1SC(C)c1nc(C2CC2)no1. The van der Waals surface area contributed by atoms with E-state index in [9.17, 15) is 0 Å². The summed E-state index contributed by atoms with van der Waals surface area (Å²) in [6, 6.07) is 8.18. The third-order valence-corrected chi connectivity index (χ3v) is 4.97. The van der Waals surface area contributed by atoms with Crippen molar-refractivity contribution in [1.29, 1.82) is 0 Å². The van der Waals surface area contributed by atoms with E-state index in [2.05, 4.69) is 39.4 Å². The number of aromatic nitrogens is 5. The van der Waals surface area contributed by atoms with Gasteiger partial charge in [-0.2, -0.15) is 4.98 Å². The summed E-state index contributed by atoms with van der Waals surface area (Å²) in [6.45, 7) is 4.12. The van der Waals surface area contributed by atoms with Gasteiger partial charge in [0.05, 0.1) is 10.9 Å². The lowest BCUT2D eigenvalue weighted by Gasteiger charge is -2.10. The Morgan fingerprint density at radius 2 is 2.13 bits per heavy atom. The summed E-state index contributed by atoms with van der Waals surface area (Å²) in [5, 5.41) is 13.2. The van der Waals surface area contributed by atoms with Gasteiger partial charge in [-0.25, -0.2) is 0 Å². The summed E-state index contributed by atoms with van der Waals surface area (Å²) < 4.78 is 7.40. The highest BCUT2D eigenvalue weighted by Gasteiger charge is 2.30. The van der Waals surface area contributed by atoms with Crippen LogP contribution < -0.4 is 0 Å². The molecule has 2 aromatic heterocycles. The molecular weight excluding hydrogens is 310 g/mol. The van der Waals surface area contributed by atoms with E-state index in [0.29, 0.717) is 11.8 Å². The van der Waals surface area contributed by atoms with Crippen LogP contribution in [0.5, 0.6) is 0 Å². The zero-order valence-electron chi connectivity index (χ0n) is 13.0. The fraction of sp³-hybridized carbons (Fsp3) is 0.375. The highest BCUT2D eigenvalue weighted by molar-refractivity contribution is 7.99. The van der Waals surface area contributed by atoms with Gasteiger partial charge in [0.2, 0.25) is 5.89 Å². The molecule has 1 atom stereocenters. The van der Waals surface area contributed by atoms with Crippen LogP contribution in [0.15, 0.2) is 40.3 Å². The lowest BCUT2D eigenvalue weighted by atomic mass is 10.2. The maximum Gasteiger partial charge on any atom is 0.239 e. The lowest BCUT2D eigenvalue weighted by Crippen LogP contribution is -1.99. The van der Waals surface area contributed by atoms with Crippen molar-refractivity contribution in [2.45, 2.75) is 43.0 Å². The van der Waals surface area contributed by atoms with Crippen molar-refractivity contribution < 1.29 is 4.52 Å². The molecule has 0 aliphatic heterocycles. The fourth-order valence-corrected chi connectivity index (χ4v) is 3.30. The second-order valence-electron chi connectivity index (χ2n) is 5.80. The molecule has 3 aromatic rings. The van der Waals surface area contributed by atoms with Crippen LogP contribution in [0, 0.1) is 6.92 Å². The van der Waals surface area contributed by atoms with E-state index in [1.165, 1.54) is 18.4 Å². The van der Waals surface area contributed by atoms with Gasteiger partial charge in [-0.1, -0.05) is 35.1 Å². The molecule has 23 heavy (non-hydrogen) atoms. The molecule has 0 saturated heterocycles. The average molecular weight is 327 g/mol. The summed E-state index contributed by atoms with van der Waals surface area (Å²) in [5.74, 6) is 1.99. The molecule has 4 rings (SSSR count). The predicted molar refractivity (Wildman–Crippen MR) is 86.6 cm³/mol. The molecule has 7 heteroatoms. The molecule has 6 nitrogen and oxygen atoms in total. The minimum absolute atomic E-state index is 0.0296. The summed E-state index contributed by atoms with van der Waals surface area (Å²) in [7, 11) is 0. The summed E-state index contributed by atoms with van der Waals surface area (Å²) in [6.07, 6.45) is 4.07. The maximum absolute atomic E-state index is 5.41. The van der Waals surface area contributed by atoms with Gasteiger partial charge < -0.3 is 4.52 Å². The molecule has 1 aliphatic rings. The average Bonchev–Trinajstić information content (AvgIpc) is 3.10. The first-order chi connectivity index (χ1) is 11.2. The van der Waals surface area contributed by atoms with Gasteiger partial charge in [0, 0.05) is 5.92 Å². The molecule has 0 spiro atoms. The van der Waals surface area contributed by atoms with Crippen LogP contribution in [0.4, 0.5) is 0 Å². The van der Waals surface area contributed by atoms with Crippen LogP contribution >= 0.6 is 11.8 Å². The van der Waals surface area contributed by atoms with E-state index in [0.717, 1.165) is 16.7 Å². The first-order valence-electron chi connectivity index (χ1n) is 7.68. The Hall–Kier alpha value is -2.15. The van der Waals surface area contributed by atoms with E-state index in [1.54, 1.807) is 18.1 Å². The van der Waals surface area contributed by atoms with Crippen LogP contribution in [0.1, 0.15) is 48.2 Å². The number of aryl methyl sites for hydroxylation is 1. The molecule has 118 valence electrons. The van der Waals surface area contributed by atoms with Crippen LogP contribution in [0.25, 0.3) is 5.69 Å². The smallest absolute Gasteiger partial charge is 0.239 e. The van der Waals surface area contributed by atoms with Gasteiger partial charge in [0.25, 0.3) is 0 Å². The summed E-state index contributed by atoms with van der Waals surface area (Å²) >= 11 is 1.57. The largest absolute Gasteiger partial charge is 0.338 e. The van der Waals surface area contributed by atoms with Gasteiger partial charge in [0.15, 0.2) is 11.0 Å². The second-order valence-corrected chi connectivity index (χ2v) is 7.10. The second kappa shape index (κ2) is 5.81. The molecule has 1 saturated carbocycles. The highest BCUT2D eigenvalue weighted by atomic mass is 32.2. The minimum atomic E-state index is 0.0296. The molecule has 0 radical (unpaired) electrons. The van der Waals surface area contributed by atoms with E-state index < -0.39 is 0 Å². The molecule has 1 aromatic carbocycles. The zero-order valence-corrected chi connectivity index (χ0v) is 13.8. The Morgan fingerprint density at radius 3 is 2.91 bits per heavy atom. The topological polar surface area (TPSA) is 69.6 Å². The van der Waals surface area contributed by atoms with Crippen molar-refractivity contribution in [2.24, 2.45) is 0 Å². The zero-order chi connectivity index (χ0) is 15.8. The van der Waals surface area contributed by atoms with Gasteiger partial charge in [-0.15, -0.1) is 10.2 Å². The van der Waals surface area contributed by atoms with Crippen molar-refractivity contribution >= 4 is 11.8 Å². The Bertz CT molecular complexity index is 823. The number of rotatable bonds is 5. The normalized spacial score (nSPS) is 15.7. The molecular formula is C16H17N5OS. The van der Waals surface area contributed by atoms with E-state index in [1.807, 2.05) is 23.6 Å². The monoisotopic (exact) mass is 327 g/mol. The van der Waals surface area contributed by atoms with Crippen LogP contribution in [0.2, 0.25) is 0 Å². The van der Waals surface area contributed by atoms with E-state index in [-0.39, 0.29) is 5.25 Å². The van der Waals surface area contributed by atoms with Crippen LogP contribution in [-0.2, 0) is 0 Å². The molecule has 0 bridgehead atoms. The van der Waals surface area contributed by atoms with E-state index >= 15 is 0 Å². The fourth-order valence-electron chi connectivity index (χ4n) is 2.43. The first-order valence-corrected chi connectivity index (χ1v) is 8.56. The molecule has 0 N–H and O–H groups in total. The van der Waals surface area contributed by atoms with Gasteiger partial charge in [0.1, 0.15) is 6.33 Å². The Labute approximate surface area is 138 Å². The molecule has 0 amide bonds. The maximum atomic E-state index is 5.41. The number of thioether (sulfide) groups is 1. The number of benzene rings is 1. The minimum Gasteiger partial charge on any atom is -0.338 e. The Balaban J connectivity index is 1.57. The quantitative estimate of drug-likeness (QED) is 0.666. The number of hydrogen-bond donors (Lipinski definition) is 0. The number of nitrogens with zero attached hydrogens (tertiary/aromatic N) is 5. The van der Waals surface area contributed by atoms with Crippen molar-refractivity contribution in [3.63, 3.8) is 0 Å².